The van der Waals surface area contributed by atoms with Crippen LogP contribution in [-0.2, 0) is 6.54 Å². The van der Waals surface area contributed by atoms with Gasteiger partial charge < -0.3 is 29.9 Å². The Bertz CT molecular complexity index is 851. The van der Waals surface area contributed by atoms with Gasteiger partial charge in [0.25, 0.3) is 5.56 Å². The van der Waals surface area contributed by atoms with Gasteiger partial charge >= 0.3 is 0 Å². The van der Waals surface area contributed by atoms with Crippen molar-refractivity contribution in [2.45, 2.75) is 26.8 Å². The number of pyridine rings is 1. The first-order valence-corrected chi connectivity index (χ1v) is 10.5. The van der Waals surface area contributed by atoms with Gasteiger partial charge in [0.15, 0.2) is 5.11 Å². The SMILES string of the molecule is CCN(CC)CCCNC(=S)N(CCO)Cc1cc2ccc(OC)cc2[nH]c1=O. The predicted octanol–water partition coefficient (Wildman–Crippen LogP) is 1.94. The van der Waals surface area contributed by atoms with Crippen molar-refractivity contribution in [3.05, 3.63) is 40.2 Å². The van der Waals surface area contributed by atoms with E-state index in [0.717, 1.165) is 43.5 Å². The molecule has 0 aliphatic rings. The van der Waals surface area contributed by atoms with E-state index in [-0.39, 0.29) is 12.2 Å². The highest BCUT2D eigenvalue weighted by Crippen LogP contribution is 2.18. The number of aliphatic hydroxyl groups excluding tert-OH is 1. The minimum Gasteiger partial charge on any atom is -0.497 e. The number of fused-ring (bicyclic) bond motifs is 1. The van der Waals surface area contributed by atoms with Crippen LogP contribution in [0.25, 0.3) is 10.9 Å². The van der Waals surface area contributed by atoms with Gasteiger partial charge in [-0.2, -0.15) is 0 Å². The van der Waals surface area contributed by atoms with Crippen LogP contribution in [0.2, 0.25) is 0 Å². The molecule has 0 fully saturated rings. The lowest BCUT2D eigenvalue weighted by atomic mass is 10.1. The zero-order valence-corrected chi connectivity index (χ0v) is 18.3. The van der Waals surface area contributed by atoms with Crippen molar-refractivity contribution in [3.8, 4) is 5.75 Å². The molecule has 1 heterocycles. The summed E-state index contributed by atoms with van der Waals surface area (Å²) in [7, 11) is 1.59. The minimum absolute atomic E-state index is 0.0377. The second-order valence-electron chi connectivity index (χ2n) is 6.83. The Labute approximate surface area is 177 Å². The molecule has 8 heteroatoms. The molecule has 0 atom stereocenters. The Morgan fingerprint density at radius 2 is 2.00 bits per heavy atom. The number of hydrogen-bond donors (Lipinski definition) is 3. The molecule has 0 spiro atoms. The molecule has 0 bridgehead atoms. The Hall–Kier alpha value is -2.16. The molecule has 0 saturated carbocycles. The summed E-state index contributed by atoms with van der Waals surface area (Å²) in [6.07, 6.45) is 0.979. The summed E-state index contributed by atoms with van der Waals surface area (Å²) in [6.45, 7) is 8.80. The van der Waals surface area contributed by atoms with Crippen molar-refractivity contribution >= 4 is 28.2 Å². The monoisotopic (exact) mass is 420 g/mol. The van der Waals surface area contributed by atoms with Crippen molar-refractivity contribution in [1.82, 2.24) is 20.1 Å². The number of hydrogen-bond acceptors (Lipinski definition) is 5. The second kappa shape index (κ2) is 11.7. The van der Waals surface area contributed by atoms with E-state index in [4.69, 9.17) is 17.0 Å². The standard InChI is InChI=1S/C21H32N4O3S/c1-4-24(5-2)10-6-9-22-21(29)25(11-12-26)15-17-13-16-7-8-18(28-3)14-19(16)23-20(17)27/h7-8,13-14,26H,4-6,9-12,15H2,1-3H3,(H,22,29)(H,23,27). The average Bonchev–Trinajstić information content (AvgIpc) is 2.73. The predicted molar refractivity (Wildman–Crippen MR) is 122 cm³/mol. The first-order chi connectivity index (χ1) is 14.0. The van der Waals surface area contributed by atoms with Gasteiger partial charge in [0.2, 0.25) is 0 Å². The largest absolute Gasteiger partial charge is 0.497 e. The summed E-state index contributed by atoms with van der Waals surface area (Å²) in [6, 6.07) is 7.43. The number of aliphatic hydroxyl groups is 1. The van der Waals surface area contributed by atoms with Crippen molar-refractivity contribution in [3.63, 3.8) is 0 Å². The number of aromatic amines is 1. The fourth-order valence-electron chi connectivity index (χ4n) is 3.20. The minimum atomic E-state index is -0.168. The van der Waals surface area contributed by atoms with E-state index >= 15 is 0 Å². The zero-order valence-electron chi connectivity index (χ0n) is 17.5. The molecular formula is C21H32N4O3S. The smallest absolute Gasteiger partial charge is 0.253 e. The molecule has 160 valence electrons. The summed E-state index contributed by atoms with van der Waals surface area (Å²) in [5.74, 6) is 0.692. The van der Waals surface area contributed by atoms with Crippen LogP contribution < -0.4 is 15.6 Å². The molecule has 0 radical (unpaired) electrons. The molecule has 0 amide bonds. The van der Waals surface area contributed by atoms with Crippen molar-refractivity contribution < 1.29 is 9.84 Å². The first kappa shape index (κ1) is 23.1. The third-order valence-electron chi connectivity index (χ3n) is 4.97. The molecule has 1 aromatic carbocycles. The second-order valence-corrected chi connectivity index (χ2v) is 7.22. The highest BCUT2D eigenvalue weighted by atomic mass is 32.1. The molecular weight excluding hydrogens is 388 g/mol. The fourth-order valence-corrected chi connectivity index (χ4v) is 3.46. The molecule has 0 aliphatic heterocycles. The number of nitrogens with zero attached hydrogens (tertiary/aromatic N) is 2. The number of nitrogens with one attached hydrogen (secondary N) is 2. The van der Waals surface area contributed by atoms with E-state index in [9.17, 15) is 9.90 Å². The van der Waals surface area contributed by atoms with Crippen LogP contribution in [0, 0.1) is 0 Å². The Morgan fingerprint density at radius 3 is 2.66 bits per heavy atom. The number of aromatic nitrogens is 1. The molecule has 0 unspecified atom stereocenters. The maximum Gasteiger partial charge on any atom is 0.253 e. The summed E-state index contributed by atoms with van der Waals surface area (Å²) < 4.78 is 5.21. The van der Waals surface area contributed by atoms with Gasteiger partial charge in [-0.3, -0.25) is 4.79 Å². The fraction of sp³-hybridized carbons (Fsp3) is 0.524. The highest BCUT2D eigenvalue weighted by Gasteiger charge is 2.13. The van der Waals surface area contributed by atoms with Crippen LogP contribution in [0.4, 0.5) is 0 Å². The van der Waals surface area contributed by atoms with Crippen LogP contribution in [0.1, 0.15) is 25.8 Å². The topological polar surface area (TPSA) is 80.8 Å². The van der Waals surface area contributed by atoms with E-state index in [1.165, 1.54) is 0 Å². The van der Waals surface area contributed by atoms with Crippen LogP contribution in [0.3, 0.4) is 0 Å². The Balaban J connectivity index is 2.04. The van der Waals surface area contributed by atoms with Gasteiger partial charge in [0.05, 0.1) is 25.8 Å². The molecule has 3 N–H and O–H groups in total. The molecule has 0 aliphatic carbocycles. The summed E-state index contributed by atoms with van der Waals surface area (Å²) in [5, 5.41) is 14.2. The van der Waals surface area contributed by atoms with Gasteiger partial charge in [-0.15, -0.1) is 0 Å². The lowest BCUT2D eigenvalue weighted by Gasteiger charge is -2.25. The van der Waals surface area contributed by atoms with Crippen LogP contribution in [0.15, 0.2) is 29.1 Å². The summed E-state index contributed by atoms with van der Waals surface area (Å²) >= 11 is 5.51. The van der Waals surface area contributed by atoms with Crippen LogP contribution in [-0.4, -0.2) is 71.4 Å². The average molecular weight is 421 g/mol. The van der Waals surface area contributed by atoms with Crippen LogP contribution in [0.5, 0.6) is 5.75 Å². The number of H-pyrrole nitrogens is 1. The van der Waals surface area contributed by atoms with Crippen molar-refractivity contribution in [2.24, 2.45) is 0 Å². The lowest BCUT2D eigenvalue weighted by molar-refractivity contribution is 0.244. The Kier molecular flexibility index (Phi) is 9.37. The number of methoxy groups -OCH3 is 1. The van der Waals surface area contributed by atoms with Gasteiger partial charge in [-0.25, -0.2) is 0 Å². The number of rotatable bonds is 11. The lowest BCUT2D eigenvalue weighted by Crippen LogP contribution is -2.42. The van der Waals surface area contributed by atoms with E-state index < -0.39 is 0 Å². The summed E-state index contributed by atoms with van der Waals surface area (Å²) in [4.78, 5) is 19.6. The van der Waals surface area contributed by atoms with Gasteiger partial charge in [-0.05, 0) is 61.9 Å². The normalized spacial score (nSPS) is 11.1. The van der Waals surface area contributed by atoms with Crippen LogP contribution >= 0.6 is 12.2 Å². The highest BCUT2D eigenvalue weighted by molar-refractivity contribution is 7.80. The Morgan fingerprint density at radius 1 is 1.24 bits per heavy atom. The molecule has 29 heavy (non-hydrogen) atoms. The van der Waals surface area contributed by atoms with E-state index in [1.807, 2.05) is 23.1 Å². The molecule has 0 saturated heterocycles. The molecule has 1 aromatic heterocycles. The molecule has 2 aromatic rings. The first-order valence-electron chi connectivity index (χ1n) is 10.1. The quantitative estimate of drug-likeness (QED) is 0.379. The maximum absolute atomic E-state index is 12.5. The molecule has 7 nitrogen and oxygen atoms in total. The van der Waals surface area contributed by atoms with Gasteiger partial charge in [0.1, 0.15) is 5.75 Å². The maximum atomic E-state index is 12.5. The van der Waals surface area contributed by atoms with E-state index in [0.29, 0.717) is 29.5 Å². The van der Waals surface area contributed by atoms with Crippen molar-refractivity contribution in [1.29, 1.82) is 0 Å². The van der Waals surface area contributed by atoms with Crippen molar-refractivity contribution in [2.75, 3.05) is 46.4 Å². The van der Waals surface area contributed by atoms with Gasteiger partial charge in [0, 0.05) is 24.7 Å². The van der Waals surface area contributed by atoms with E-state index in [1.54, 1.807) is 13.2 Å². The number of ether oxygens (including phenoxy) is 1. The zero-order chi connectivity index (χ0) is 21.2. The molecule has 2 rings (SSSR count). The van der Waals surface area contributed by atoms with Gasteiger partial charge in [-0.1, -0.05) is 13.8 Å². The van der Waals surface area contributed by atoms with E-state index in [2.05, 4.69) is 29.0 Å². The third-order valence-corrected chi connectivity index (χ3v) is 5.37. The third kappa shape index (κ3) is 6.69. The number of thiocarbonyl (C=S) groups is 1. The number of benzene rings is 1. The summed E-state index contributed by atoms with van der Waals surface area (Å²) in [5.41, 5.74) is 1.16.